The van der Waals surface area contributed by atoms with Crippen LogP contribution in [0.25, 0.3) is 0 Å². The second-order valence-corrected chi connectivity index (χ2v) is 8.62. The molecule has 5 rings (SSSR count). The summed E-state index contributed by atoms with van der Waals surface area (Å²) in [6, 6.07) is 13.3. The van der Waals surface area contributed by atoms with E-state index in [0.717, 1.165) is 42.2 Å². The lowest BCUT2D eigenvalue weighted by atomic mass is 10.0. The van der Waals surface area contributed by atoms with Gasteiger partial charge in [-0.25, -0.2) is 8.78 Å². The maximum Gasteiger partial charge on any atom is 0.274 e. The summed E-state index contributed by atoms with van der Waals surface area (Å²) >= 11 is 0. The van der Waals surface area contributed by atoms with Gasteiger partial charge in [0.1, 0.15) is 11.6 Å². The first-order valence-electron chi connectivity index (χ1n) is 11.4. The smallest absolute Gasteiger partial charge is 0.274 e. The zero-order valence-electron chi connectivity index (χ0n) is 18.6. The van der Waals surface area contributed by atoms with Crippen molar-refractivity contribution in [2.45, 2.75) is 19.4 Å². The molecule has 3 aromatic rings. The van der Waals surface area contributed by atoms with Gasteiger partial charge >= 0.3 is 0 Å². The Morgan fingerprint density at radius 3 is 2.44 bits per heavy atom. The Morgan fingerprint density at radius 2 is 1.71 bits per heavy atom. The Bertz CT molecular complexity index is 1210. The number of rotatable bonds is 4. The Hall–Kier alpha value is -3.75. The maximum atomic E-state index is 14.0. The molecule has 2 amide bonds. The van der Waals surface area contributed by atoms with Crippen molar-refractivity contribution < 1.29 is 18.4 Å². The van der Waals surface area contributed by atoms with Crippen molar-refractivity contribution in [2.24, 2.45) is 0 Å². The normalized spacial score (nSPS) is 15.9. The number of nitrogens with zero attached hydrogens (tertiary/aromatic N) is 4. The number of carbonyl (C=O) groups excluding carboxylic acids is 2. The number of aromatic amines is 1. The topological polar surface area (TPSA) is 72.5 Å². The van der Waals surface area contributed by atoms with Gasteiger partial charge in [0.15, 0.2) is 5.69 Å². The van der Waals surface area contributed by atoms with E-state index < -0.39 is 11.6 Å². The number of nitrogens with one attached hydrogen (secondary N) is 1. The van der Waals surface area contributed by atoms with Crippen LogP contribution in [-0.4, -0.2) is 64.5 Å². The van der Waals surface area contributed by atoms with Crippen LogP contribution in [-0.2, 0) is 24.2 Å². The number of H-pyrrole nitrogens is 1. The first kappa shape index (κ1) is 22.1. The highest BCUT2D eigenvalue weighted by Gasteiger charge is 2.31. The first-order chi connectivity index (χ1) is 16.5. The molecule has 9 heteroatoms. The van der Waals surface area contributed by atoms with Gasteiger partial charge in [0.25, 0.3) is 5.91 Å². The average Bonchev–Trinajstić information content (AvgIpc) is 3.29. The summed E-state index contributed by atoms with van der Waals surface area (Å²) in [6.07, 6.45) is 0.374. The van der Waals surface area contributed by atoms with E-state index in [4.69, 9.17) is 0 Å². The molecule has 3 heterocycles. The number of aromatic nitrogens is 2. The lowest BCUT2D eigenvalue weighted by molar-refractivity contribution is -0.131. The monoisotopic (exact) mass is 465 g/mol. The summed E-state index contributed by atoms with van der Waals surface area (Å²) in [5, 5.41) is 7.24. The van der Waals surface area contributed by atoms with Gasteiger partial charge in [-0.1, -0.05) is 24.3 Å². The highest BCUT2D eigenvalue weighted by molar-refractivity contribution is 5.94. The van der Waals surface area contributed by atoms with Crippen molar-refractivity contribution in [3.05, 3.63) is 82.7 Å². The van der Waals surface area contributed by atoms with Gasteiger partial charge < -0.3 is 14.7 Å². The number of halogens is 2. The van der Waals surface area contributed by atoms with Gasteiger partial charge in [-0.15, -0.1) is 0 Å². The van der Waals surface area contributed by atoms with Crippen LogP contribution >= 0.6 is 0 Å². The lowest BCUT2D eigenvalue weighted by Gasteiger charge is -2.36. The molecule has 2 aliphatic rings. The Labute approximate surface area is 196 Å². The summed E-state index contributed by atoms with van der Waals surface area (Å²) in [4.78, 5) is 31.7. The fraction of sp³-hybridized carbons (Fsp3) is 0.320. The van der Waals surface area contributed by atoms with Gasteiger partial charge in [0, 0.05) is 68.7 Å². The zero-order chi connectivity index (χ0) is 23.7. The molecule has 1 N–H and O–H groups in total. The van der Waals surface area contributed by atoms with Gasteiger partial charge in [-0.05, 0) is 23.8 Å². The van der Waals surface area contributed by atoms with E-state index in [0.29, 0.717) is 31.7 Å². The minimum Gasteiger partial charge on any atom is -0.368 e. The second-order valence-electron chi connectivity index (χ2n) is 8.62. The minimum atomic E-state index is -0.736. The van der Waals surface area contributed by atoms with Crippen molar-refractivity contribution in [1.82, 2.24) is 20.0 Å². The third-order valence-corrected chi connectivity index (χ3v) is 6.53. The molecule has 0 spiro atoms. The van der Waals surface area contributed by atoms with Crippen molar-refractivity contribution in [3.63, 3.8) is 0 Å². The molecule has 1 saturated heterocycles. The molecule has 0 bridgehead atoms. The summed E-state index contributed by atoms with van der Waals surface area (Å²) in [7, 11) is 0. The number of hydrogen-bond acceptors (Lipinski definition) is 4. The number of anilines is 1. The van der Waals surface area contributed by atoms with E-state index in [9.17, 15) is 18.4 Å². The molecular weight excluding hydrogens is 440 g/mol. The molecule has 34 heavy (non-hydrogen) atoms. The number of para-hydroxylation sites is 1. The molecular formula is C25H25F2N5O2. The highest BCUT2D eigenvalue weighted by atomic mass is 19.1. The van der Waals surface area contributed by atoms with E-state index >= 15 is 0 Å². The largest absolute Gasteiger partial charge is 0.368 e. The quantitative estimate of drug-likeness (QED) is 0.643. The number of hydrogen-bond donors (Lipinski definition) is 1. The lowest BCUT2D eigenvalue weighted by Crippen LogP contribution is -2.49. The summed E-state index contributed by atoms with van der Waals surface area (Å²) in [5.74, 6) is -1.83. The highest BCUT2D eigenvalue weighted by Crippen LogP contribution is 2.24. The van der Waals surface area contributed by atoms with Crippen molar-refractivity contribution in [2.75, 3.05) is 37.6 Å². The van der Waals surface area contributed by atoms with Crippen molar-refractivity contribution >= 4 is 17.5 Å². The summed E-state index contributed by atoms with van der Waals surface area (Å²) < 4.78 is 27.2. The third kappa shape index (κ3) is 4.37. The van der Waals surface area contributed by atoms with Crippen molar-refractivity contribution in [1.29, 1.82) is 0 Å². The number of amides is 2. The van der Waals surface area contributed by atoms with Crippen LogP contribution in [0.3, 0.4) is 0 Å². The van der Waals surface area contributed by atoms with Gasteiger partial charge in [0.2, 0.25) is 5.91 Å². The molecule has 176 valence electrons. The van der Waals surface area contributed by atoms with Crippen LogP contribution < -0.4 is 4.90 Å². The first-order valence-corrected chi connectivity index (χ1v) is 11.4. The van der Waals surface area contributed by atoms with Gasteiger partial charge in [-0.3, -0.25) is 14.7 Å². The van der Waals surface area contributed by atoms with E-state index in [1.807, 2.05) is 18.2 Å². The van der Waals surface area contributed by atoms with E-state index in [-0.39, 0.29) is 30.3 Å². The summed E-state index contributed by atoms with van der Waals surface area (Å²) in [5.41, 5.74) is 3.20. The molecule has 0 atom stereocenters. The molecule has 0 aliphatic carbocycles. The molecule has 1 aromatic heterocycles. The van der Waals surface area contributed by atoms with Crippen molar-refractivity contribution in [3.8, 4) is 0 Å². The fourth-order valence-corrected chi connectivity index (χ4v) is 4.58. The van der Waals surface area contributed by atoms with E-state index in [1.165, 1.54) is 6.07 Å². The summed E-state index contributed by atoms with van der Waals surface area (Å²) in [6.45, 7) is 3.31. The molecule has 2 aliphatic heterocycles. The van der Waals surface area contributed by atoms with Crippen LogP contribution in [0.4, 0.5) is 14.5 Å². The zero-order valence-corrected chi connectivity index (χ0v) is 18.6. The molecule has 1 fully saturated rings. The van der Waals surface area contributed by atoms with Crippen LogP contribution in [0.1, 0.15) is 27.3 Å². The molecule has 0 unspecified atom stereocenters. The Morgan fingerprint density at radius 1 is 0.941 bits per heavy atom. The number of benzene rings is 2. The third-order valence-electron chi connectivity index (χ3n) is 6.53. The number of carbonyl (C=O) groups is 2. The molecule has 0 saturated carbocycles. The second kappa shape index (κ2) is 9.24. The number of fused-ring (bicyclic) bond motifs is 1. The standard InChI is InChI=1S/C25H25F2N5O2/c26-18-7-6-17(21(27)15-18)14-23(33)32-9-8-22-20(16-32)24(29-28-22)25(34)31-12-10-30(11-13-31)19-4-2-1-3-5-19/h1-7,15H,8-14,16H2,(H,28,29). The molecule has 7 nitrogen and oxygen atoms in total. The van der Waals surface area contributed by atoms with Crippen LogP contribution in [0.5, 0.6) is 0 Å². The van der Waals surface area contributed by atoms with Gasteiger partial charge in [-0.2, -0.15) is 5.10 Å². The Kier molecular flexibility index (Phi) is 6.00. The average molecular weight is 466 g/mol. The van der Waals surface area contributed by atoms with Gasteiger partial charge in [0.05, 0.1) is 6.42 Å². The van der Waals surface area contributed by atoms with Crippen LogP contribution in [0.15, 0.2) is 48.5 Å². The molecule has 2 aromatic carbocycles. The number of piperazine rings is 1. The maximum absolute atomic E-state index is 14.0. The Balaban J connectivity index is 1.25. The minimum absolute atomic E-state index is 0.149. The predicted molar refractivity (Wildman–Crippen MR) is 122 cm³/mol. The predicted octanol–water partition coefficient (Wildman–Crippen LogP) is 2.78. The van der Waals surface area contributed by atoms with Crippen LogP contribution in [0.2, 0.25) is 0 Å². The van der Waals surface area contributed by atoms with E-state index in [1.54, 1.807) is 9.80 Å². The van der Waals surface area contributed by atoms with E-state index in [2.05, 4.69) is 27.2 Å². The van der Waals surface area contributed by atoms with Crippen LogP contribution in [0, 0.1) is 11.6 Å². The SMILES string of the molecule is O=C(Cc1ccc(F)cc1F)N1CCc2[nH]nc(C(=O)N3CCN(c4ccccc4)CC3)c2C1. The molecule has 0 radical (unpaired) electrons. The fourth-order valence-electron chi connectivity index (χ4n) is 4.58.